The van der Waals surface area contributed by atoms with Gasteiger partial charge >= 0.3 is 0 Å². The summed E-state index contributed by atoms with van der Waals surface area (Å²) in [5, 5.41) is 15.4. The molecular formula is C18H25N7O. The molecule has 26 heavy (non-hydrogen) atoms. The van der Waals surface area contributed by atoms with E-state index >= 15 is 0 Å². The third kappa shape index (κ3) is 3.47. The number of piperazine rings is 1. The Morgan fingerprint density at radius 1 is 1.19 bits per heavy atom. The molecule has 2 aromatic rings. The molecule has 2 aliphatic heterocycles. The maximum atomic E-state index is 12.6. The molecule has 4 rings (SSSR count). The average Bonchev–Trinajstić information content (AvgIpc) is 3.09. The summed E-state index contributed by atoms with van der Waals surface area (Å²) in [5.41, 5.74) is 0.962. The average molecular weight is 355 g/mol. The molecule has 138 valence electrons. The van der Waals surface area contributed by atoms with Crippen LogP contribution in [0.3, 0.4) is 0 Å². The van der Waals surface area contributed by atoms with Crippen LogP contribution < -0.4 is 5.32 Å². The van der Waals surface area contributed by atoms with E-state index in [1.807, 2.05) is 35.2 Å². The second-order valence-electron chi connectivity index (χ2n) is 7.15. The van der Waals surface area contributed by atoms with Gasteiger partial charge in [-0.05, 0) is 41.6 Å². The van der Waals surface area contributed by atoms with Gasteiger partial charge in [-0.25, -0.2) is 0 Å². The number of carbonyl (C=O) groups is 1. The van der Waals surface area contributed by atoms with Crippen molar-refractivity contribution < 1.29 is 4.79 Å². The molecule has 2 fully saturated rings. The lowest BCUT2D eigenvalue weighted by Gasteiger charge is -2.39. The number of hydrogen-bond donors (Lipinski definition) is 1. The van der Waals surface area contributed by atoms with Gasteiger partial charge in [0.25, 0.3) is 0 Å². The Balaban J connectivity index is 1.33. The van der Waals surface area contributed by atoms with Gasteiger partial charge < -0.3 is 10.2 Å². The molecule has 1 amide bonds. The van der Waals surface area contributed by atoms with Crippen molar-refractivity contribution in [2.45, 2.75) is 13.5 Å². The molecule has 3 heterocycles. The molecule has 1 atom stereocenters. The van der Waals surface area contributed by atoms with Crippen molar-refractivity contribution in [3.63, 3.8) is 0 Å². The first-order valence-electron chi connectivity index (χ1n) is 9.27. The molecule has 1 N–H and O–H groups in total. The first-order chi connectivity index (χ1) is 12.7. The number of tetrazole rings is 1. The van der Waals surface area contributed by atoms with E-state index < -0.39 is 0 Å². The van der Waals surface area contributed by atoms with Crippen molar-refractivity contribution in [2.24, 2.45) is 11.8 Å². The van der Waals surface area contributed by atoms with Crippen LogP contribution in [-0.2, 0) is 11.3 Å². The zero-order chi connectivity index (χ0) is 17.9. The topological polar surface area (TPSA) is 79.2 Å². The second-order valence-corrected chi connectivity index (χ2v) is 7.15. The Hall–Kier alpha value is -2.32. The fraction of sp³-hybridized carbons (Fsp3) is 0.556. The van der Waals surface area contributed by atoms with E-state index in [4.69, 9.17) is 0 Å². The van der Waals surface area contributed by atoms with Gasteiger partial charge in [-0.15, -0.1) is 5.10 Å². The zero-order valence-electron chi connectivity index (χ0n) is 15.1. The largest absolute Gasteiger partial charge is 0.340 e. The monoisotopic (exact) mass is 355 g/mol. The van der Waals surface area contributed by atoms with Crippen LogP contribution in [0, 0.1) is 11.8 Å². The number of benzene rings is 1. The number of carbonyl (C=O) groups excluding carboxylic acids is 1. The number of nitrogens with zero attached hydrogens (tertiary/aromatic N) is 6. The minimum atomic E-state index is 0.119. The number of rotatable bonds is 5. The summed E-state index contributed by atoms with van der Waals surface area (Å²) in [6.07, 6.45) is 0. The Morgan fingerprint density at radius 3 is 2.58 bits per heavy atom. The molecule has 8 heteroatoms. The highest BCUT2D eigenvalue weighted by molar-refractivity contribution is 5.79. The maximum Gasteiger partial charge on any atom is 0.225 e. The number of para-hydroxylation sites is 1. The molecule has 2 aliphatic rings. The van der Waals surface area contributed by atoms with Crippen molar-refractivity contribution in [3.05, 3.63) is 36.2 Å². The van der Waals surface area contributed by atoms with Crippen molar-refractivity contribution in [3.8, 4) is 5.69 Å². The Labute approximate surface area is 153 Å². The van der Waals surface area contributed by atoms with Gasteiger partial charge in [-0.1, -0.05) is 25.1 Å². The van der Waals surface area contributed by atoms with Crippen LogP contribution in [0.4, 0.5) is 0 Å². The van der Waals surface area contributed by atoms with E-state index in [1.54, 1.807) is 4.68 Å². The van der Waals surface area contributed by atoms with Crippen molar-refractivity contribution in [2.75, 3.05) is 39.3 Å². The number of aromatic nitrogens is 4. The highest BCUT2D eigenvalue weighted by atomic mass is 16.2. The summed E-state index contributed by atoms with van der Waals surface area (Å²) < 4.78 is 1.78. The summed E-state index contributed by atoms with van der Waals surface area (Å²) in [7, 11) is 0. The molecule has 1 unspecified atom stereocenters. The highest BCUT2D eigenvalue weighted by Gasteiger charge is 2.33. The van der Waals surface area contributed by atoms with Gasteiger partial charge in [-0.2, -0.15) is 4.68 Å². The zero-order valence-corrected chi connectivity index (χ0v) is 15.1. The predicted molar refractivity (Wildman–Crippen MR) is 96.5 cm³/mol. The van der Waals surface area contributed by atoms with Crippen LogP contribution in [-0.4, -0.2) is 75.2 Å². The second kappa shape index (κ2) is 7.51. The molecule has 0 spiro atoms. The summed E-state index contributed by atoms with van der Waals surface area (Å²) in [6, 6.07) is 9.92. The van der Waals surface area contributed by atoms with Crippen LogP contribution in [0.15, 0.2) is 30.3 Å². The van der Waals surface area contributed by atoms with E-state index in [9.17, 15) is 4.79 Å². The molecule has 0 radical (unpaired) electrons. The summed E-state index contributed by atoms with van der Waals surface area (Å²) in [4.78, 5) is 17.0. The first-order valence-corrected chi connectivity index (χ1v) is 9.27. The van der Waals surface area contributed by atoms with Crippen molar-refractivity contribution >= 4 is 5.91 Å². The number of amides is 1. The Morgan fingerprint density at radius 2 is 1.92 bits per heavy atom. The first kappa shape index (κ1) is 17.1. The molecule has 0 bridgehead atoms. The third-order valence-electron chi connectivity index (χ3n) is 5.49. The Kier molecular flexibility index (Phi) is 4.94. The van der Waals surface area contributed by atoms with E-state index in [1.165, 1.54) is 0 Å². The van der Waals surface area contributed by atoms with Crippen LogP contribution in [0.25, 0.3) is 5.69 Å². The van der Waals surface area contributed by atoms with Crippen molar-refractivity contribution in [1.29, 1.82) is 0 Å². The molecule has 0 aliphatic carbocycles. The van der Waals surface area contributed by atoms with Gasteiger partial charge in [0.1, 0.15) is 0 Å². The SMILES string of the molecule is CC(C(=O)N1CCN(Cc2nnnn2-c2ccccc2)CC1)C1CNC1. The van der Waals surface area contributed by atoms with Gasteiger partial charge in [0, 0.05) is 32.1 Å². The van der Waals surface area contributed by atoms with E-state index in [0.29, 0.717) is 18.4 Å². The lowest BCUT2D eigenvalue weighted by Crippen LogP contribution is -2.54. The molecule has 0 saturated carbocycles. The van der Waals surface area contributed by atoms with Crippen LogP contribution in [0.1, 0.15) is 12.7 Å². The van der Waals surface area contributed by atoms with Gasteiger partial charge in [-0.3, -0.25) is 9.69 Å². The lowest BCUT2D eigenvalue weighted by atomic mass is 9.88. The lowest BCUT2D eigenvalue weighted by molar-refractivity contribution is -0.139. The molecule has 8 nitrogen and oxygen atoms in total. The van der Waals surface area contributed by atoms with Gasteiger partial charge in [0.15, 0.2) is 5.82 Å². The molecular weight excluding hydrogens is 330 g/mol. The Bertz CT molecular complexity index is 735. The standard InChI is InChI=1S/C18H25N7O/c1-14(15-11-19-12-15)18(26)24-9-7-23(8-10-24)13-17-20-21-22-25(17)16-5-3-2-4-6-16/h2-6,14-15,19H,7-13H2,1H3. The number of hydrogen-bond acceptors (Lipinski definition) is 6. The van der Waals surface area contributed by atoms with E-state index in [0.717, 1.165) is 50.8 Å². The fourth-order valence-electron chi connectivity index (χ4n) is 3.55. The minimum absolute atomic E-state index is 0.119. The van der Waals surface area contributed by atoms with Crippen LogP contribution >= 0.6 is 0 Å². The quantitative estimate of drug-likeness (QED) is 0.823. The third-order valence-corrected chi connectivity index (χ3v) is 5.49. The highest BCUT2D eigenvalue weighted by Crippen LogP contribution is 2.19. The predicted octanol–water partition coefficient (Wildman–Crippen LogP) is 0.162. The maximum absolute atomic E-state index is 12.6. The smallest absolute Gasteiger partial charge is 0.225 e. The van der Waals surface area contributed by atoms with Gasteiger partial charge in [0.05, 0.1) is 12.2 Å². The van der Waals surface area contributed by atoms with E-state index in [-0.39, 0.29) is 5.92 Å². The number of nitrogens with one attached hydrogen (secondary N) is 1. The summed E-state index contributed by atoms with van der Waals surface area (Å²) in [6.45, 7) is 7.93. The fourth-order valence-corrected chi connectivity index (χ4v) is 3.55. The van der Waals surface area contributed by atoms with Crippen molar-refractivity contribution in [1.82, 2.24) is 35.3 Å². The molecule has 1 aromatic carbocycles. The van der Waals surface area contributed by atoms with E-state index in [2.05, 4.69) is 32.7 Å². The summed E-state index contributed by atoms with van der Waals surface area (Å²) in [5.74, 6) is 1.74. The summed E-state index contributed by atoms with van der Waals surface area (Å²) >= 11 is 0. The normalized spacial score (nSPS) is 20.0. The minimum Gasteiger partial charge on any atom is -0.340 e. The van der Waals surface area contributed by atoms with Gasteiger partial charge in [0.2, 0.25) is 5.91 Å². The molecule has 1 aromatic heterocycles. The van der Waals surface area contributed by atoms with Crippen LogP contribution in [0.2, 0.25) is 0 Å². The van der Waals surface area contributed by atoms with Crippen LogP contribution in [0.5, 0.6) is 0 Å². The molecule has 2 saturated heterocycles.